The molecule has 3 nitrogen and oxygen atoms in total. The largest absolute Gasteiger partial charge is 2.00 e. The van der Waals surface area contributed by atoms with Gasteiger partial charge >= 0.3 is 26.2 Å². The van der Waals surface area contributed by atoms with E-state index in [0.29, 0.717) is 12.0 Å². The molecule has 0 unspecified atom stereocenters. The Hall–Kier alpha value is -0.447. The van der Waals surface area contributed by atoms with Crippen LogP contribution < -0.4 is 24.8 Å². The standard InChI is InChI=1S/C20H22O3S.2ClH.Zr/c1-3-8-15-12-17(14-10-6-5-7-11-14)18-13-16(9-4-2)20(19(15)18)24(21,22)23;;;/h5-7,10-13H,3-4,8-9H2,1-2H3,(H,21,22,23);2*1H;/q;;;+2/p-2. The first-order chi connectivity index (χ1) is 11.5. The SMILES string of the molecule is CCCC1=C2C(=CC(CCC)=C2S(=O)(=O)O)C(c2ccccc2)=C1.[Cl-].[Cl-].[Zr+2]. The maximum Gasteiger partial charge on any atom is 2.00 e. The topological polar surface area (TPSA) is 54.4 Å². The van der Waals surface area contributed by atoms with Crippen molar-refractivity contribution in [1.82, 2.24) is 0 Å². The molecule has 0 heterocycles. The Morgan fingerprint density at radius 1 is 0.852 bits per heavy atom. The number of fused-ring (bicyclic) bond motifs is 1. The molecule has 0 aliphatic heterocycles. The van der Waals surface area contributed by atoms with E-state index in [0.717, 1.165) is 47.1 Å². The van der Waals surface area contributed by atoms with Crippen LogP contribution in [0.1, 0.15) is 45.1 Å². The maximum atomic E-state index is 12.1. The summed E-state index contributed by atoms with van der Waals surface area (Å²) in [6.07, 6.45) is 7.22. The number of rotatable bonds is 6. The third-order valence-electron chi connectivity index (χ3n) is 4.42. The van der Waals surface area contributed by atoms with Crippen LogP contribution in [-0.4, -0.2) is 13.0 Å². The van der Waals surface area contributed by atoms with E-state index in [-0.39, 0.29) is 55.9 Å². The van der Waals surface area contributed by atoms with Crippen LogP contribution >= 0.6 is 0 Å². The van der Waals surface area contributed by atoms with Crippen molar-refractivity contribution in [2.75, 3.05) is 0 Å². The van der Waals surface area contributed by atoms with E-state index in [1.807, 2.05) is 43.3 Å². The Labute approximate surface area is 193 Å². The van der Waals surface area contributed by atoms with Crippen LogP contribution in [0, 0.1) is 0 Å². The van der Waals surface area contributed by atoms with E-state index < -0.39 is 10.1 Å². The quantitative estimate of drug-likeness (QED) is 0.510. The first-order valence-corrected chi connectivity index (χ1v) is 9.85. The second kappa shape index (κ2) is 10.9. The number of allylic oxidation sites excluding steroid dienone is 7. The van der Waals surface area contributed by atoms with Crippen LogP contribution in [0.25, 0.3) is 5.57 Å². The molecule has 0 bridgehead atoms. The van der Waals surface area contributed by atoms with Crippen molar-refractivity contribution >= 4 is 15.7 Å². The van der Waals surface area contributed by atoms with Gasteiger partial charge in [0.2, 0.25) is 0 Å². The van der Waals surface area contributed by atoms with Gasteiger partial charge in [-0.05, 0) is 52.8 Å². The Balaban J connectivity index is 0.00000225. The molecule has 144 valence electrons. The molecule has 1 aromatic carbocycles. The summed E-state index contributed by atoms with van der Waals surface area (Å²) in [5.74, 6) is 0. The van der Waals surface area contributed by atoms with Gasteiger partial charge in [-0.15, -0.1) is 0 Å². The molecule has 1 N–H and O–H groups in total. The molecule has 0 saturated carbocycles. The molecule has 2 aliphatic carbocycles. The van der Waals surface area contributed by atoms with Gasteiger partial charge in [0.05, 0.1) is 0 Å². The molecular weight excluding hydrogens is 482 g/mol. The monoisotopic (exact) mass is 502 g/mol. The third kappa shape index (κ3) is 5.33. The van der Waals surface area contributed by atoms with Crippen molar-refractivity contribution in [3.05, 3.63) is 75.2 Å². The van der Waals surface area contributed by atoms with Gasteiger partial charge in [0, 0.05) is 5.57 Å². The molecule has 2 aliphatic rings. The summed E-state index contributed by atoms with van der Waals surface area (Å²) >= 11 is 0. The first kappa shape index (κ1) is 26.6. The molecule has 0 amide bonds. The van der Waals surface area contributed by atoms with Crippen molar-refractivity contribution in [2.24, 2.45) is 0 Å². The fourth-order valence-corrected chi connectivity index (χ4v) is 4.51. The van der Waals surface area contributed by atoms with Gasteiger partial charge in [-0.1, -0.05) is 57.0 Å². The molecule has 7 heteroatoms. The van der Waals surface area contributed by atoms with Crippen LogP contribution in [0.5, 0.6) is 0 Å². The maximum absolute atomic E-state index is 12.1. The first-order valence-electron chi connectivity index (χ1n) is 8.41. The van der Waals surface area contributed by atoms with Crippen LogP contribution in [-0.2, 0) is 36.3 Å². The Kier molecular flexibility index (Phi) is 10.7. The van der Waals surface area contributed by atoms with Crippen molar-refractivity contribution in [2.45, 2.75) is 39.5 Å². The molecule has 27 heavy (non-hydrogen) atoms. The van der Waals surface area contributed by atoms with Crippen molar-refractivity contribution < 1.29 is 64.0 Å². The third-order valence-corrected chi connectivity index (χ3v) is 5.40. The van der Waals surface area contributed by atoms with E-state index in [4.69, 9.17) is 0 Å². The van der Waals surface area contributed by atoms with Crippen LogP contribution in [0.4, 0.5) is 0 Å². The molecule has 0 fully saturated rings. The van der Waals surface area contributed by atoms with Gasteiger partial charge in [0.15, 0.2) is 0 Å². The summed E-state index contributed by atoms with van der Waals surface area (Å²) in [6, 6.07) is 9.99. The van der Waals surface area contributed by atoms with Crippen molar-refractivity contribution in [3.8, 4) is 0 Å². The zero-order valence-corrected chi connectivity index (χ0v) is 20.1. The van der Waals surface area contributed by atoms with Crippen LogP contribution in [0.2, 0.25) is 0 Å². The van der Waals surface area contributed by atoms with Gasteiger partial charge in [-0.2, -0.15) is 8.42 Å². The minimum atomic E-state index is -4.25. The van der Waals surface area contributed by atoms with Crippen molar-refractivity contribution in [3.63, 3.8) is 0 Å². The minimum absolute atomic E-state index is 0. The number of halogens is 2. The smallest absolute Gasteiger partial charge is 1.00 e. The second-order valence-electron chi connectivity index (χ2n) is 6.21. The molecule has 3 rings (SSSR count). The fraction of sp³-hybridized carbons (Fsp3) is 0.300. The summed E-state index contributed by atoms with van der Waals surface area (Å²) in [5, 5.41) is 0. The summed E-state index contributed by atoms with van der Waals surface area (Å²) in [7, 11) is -4.25. The number of hydrogen-bond donors (Lipinski definition) is 1. The molecule has 0 radical (unpaired) electrons. The van der Waals surface area contributed by atoms with Gasteiger partial charge < -0.3 is 24.8 Å². The molecule has 0 aromatic heterocycles. The summed E-state index contributed by atoms with van der Waals surface area (Å²) < 4.78 is 34.0. The zero-order valence-electron chi connectivity index (χ0n) is 15.3. The van der Waals surface area contributed by atoms with Gasteiger partial charge in [0.1, 0.15) is 4.91 Å². The molecule has 0 spiro atoms. The predicted octanol–water partition coefficient (Wildman–Crippen LogP) is -0.932. The van der Waals surface area contributed by atoms with E-state index in [9.17, 15) is 13.0 Å². The van der Waals surface area contributed by atoms with E-state index in [2.05, 4.69) is 13.0 Å². The Bertz CT molecular complexity index is 898. The average molecular weight is 505 g/mol. The zero-order chi connectivity index (χ0) is 17.3. The molecule has 1 aromatic rings. The minimum Gasteiger partial charge on any atom is -1.00 e. The summed E-state index contributed by atoms with van der Waals surface area (Å²) in [6.45, 7) is 4.08. The number of benzene rings is 1. The predicted molar refractivity (Wildman–Crippen MR) is 97.9 cm³/mol. The Morgan fingerprint density at radius 3 is 1.89 bits per heavy atom. The normalized spacial score (nSPS) is 15.4. The van der Waals surface area contributed by atoms with Gasteiger partial charge in [0.25, 0.3) is 10.1 Å². The van der Waals surface area contributed by atoms with Crippen LogP contribution in [0.15, 0.2) is 69.7 Å². The number of hydrogen-bond acceptors (Lipinski definition) is 2. The molecular formula is C20H22Cl2O3SZr. The fourth-order valence-electron chi connectivity index (χ4n) is 3.52. The van der Waals surface area contributed by atoms with Crippen LogP contribution in [0.3, 0.4) is 0 Å². The van der Waals surface area contributed by atoms with Gasteiger partial charge in [-0.3, -0.25) is 4.55 Å². The second-order valence-corrected chi connectivity index (χ2v) is 7.57. The van der Waals surface area contributed by atoms with E-state index in [1.54, 1.807) is 0 Å². The molecule has 0 atom stereocenters. The molecule has 0 saturated heterocycles. The van der Waals surface area contributed by atoms with Gasteiger partial charge in [-0.25, -0.2) is 0 Å². The van der Waals surface area contributed by atoms with E-state index in [1.165, 1.54) is 0 Å². The summed E-state index contributed by atoms with van der Waals surface area (Å²) in [4.78, 5) is 0.116. The Morgan fingerprint density at radius 2 is 1.37 bits per heavy atom. The van der Waals surface area contributed by atoms with E-state index >= 15 is 0 Å². The summed E-state index contributed by atoms with van der Waals surface area (Å²) in [5.41, 5.74) is 5.48. The van der Waals surface area contributed by atoms with Crippen molar-refractivity contribution in [1.29, 1.82) is 0 Å². The average Bonchev–Trinajstić information content (AvgIpc) is 3.06.